The fourth-order valence-electron chi connectivity index (χ4n) is 1.63. The highest BCUT2D eigenvalue weighted by atomic mass is 16.5. The Morgan fingerprint density at radius 2 is 1.90 bits per heavy atom. The molecular weight excluding hydrogens is 258 g/mol. The zero-order valence-corrected chi connectivity index (χ0v) is 11.9. The third-order valence-electron chi connectivity index (χ3n) is 2.80. The molecule has 0 saturated carbocycles. The Balaban J connectivity index is 2.20. The van der Waals surface area contributed by atoms with Gasteiger partial charge in [0.05, 0.1) is 6.61 Å². The second kappa shape index (κ2) is 8.19. The molecule has 0 aromatic heterocycles. The molecule has 0 fully saturated rings. The molecule has 110 valence electrons. The van der Waals surface area contributed by atoms with Crippen molar-refractivity contribution in [3.8, 4) is 5.75 Å². The van der Waals surface area contributed by atoms with E-state index in [4.69, 9.17) is 9.84 Å². The van der Waals surface area contributed by atoms with Crippen LogP contribution in [0, 0.1) is 0 Å². The number of carboxylic acid groups (broad SMARTS) is 1. The predicted molar refractivity (Wildman–Crippen MR) is 75.9 cm³/mol. The van der Waals surface area contributed by atoms with E-state index in [2.05, 4.69) is 19.2 Å². The lowest BCUT2D eigenvalue weighted by Crippen LogP contribution is -2.29. The van der Waals surface area contributed by atoms with Crippen LogP contribution in [0.1, 0.15) is 38.2 Å². The van der Waals surface area contributed by atoms with Crippen LogP contribution in [0.25, 0.3) is 0 Å². The van der Waals surface area contributed by atoms with Gasteiger partial charge in [-0.15, -0.1) is 0 Å². The molecule has 1 rings (SSSR count). The second-order valence-corrected chi connectivity index (χ2v) is 4.85. The average Bonchev–Trinajstić information content (AvgIpc) is 2.42. The summed E-state index contributed by atoms with van der Waals surface area (Å²) in [5.74, 6) is -0.0478. The quantitative estimate of drug-likeness (QED) is 0.715. The summed E-state index contributed by atoms with van der Waals surface area (Å²) >= 11 is 0. The first kappa shape index (κ1) is 16.0. The van der Waals surface area contributed by atoms with Crippen molar-refractivity contribution in [3.63, 3.8) is 0 Å². The maximum Gasteiger partial charge on any atom is 0.322 e. The first-order valence-corrected chi connectivity index (χ1v) is 6.70. The lowest BCUT2D eigenvalue weighted by Gasteiger charge is -2.09. The number of aliphatic carboxylic acids is 1. The highest BCUT2D eigenvalue weighted by molar-refractivity contribution is 5.80. The van der Waals surface area contributed by atoms with Gasteiger partial charge in [0.1, 0.15) is 12.3 Å². The van der Waals surface area contributed by atoms with Gasteiger partial charge in [0.25, 0.3) is 0 Å². The fraction of sp³-hybridized carbons (Fsp3) is 0.467. The van der Waals surface area contributed by atoms with Crippen molar-refractivity contribution in [2.45, 2.75) is 32.6 Å². The minimum Gasteiger partial charge on any atom is -0.494 e. The number of carbonyl (C=O) groups excluding carboxylic acids is 1. The molecule has 0 spiro atoms. The Morgan fingerprint density at radius 1 is 1.25 bits per heavy atom. The van der Waals surface area contributed by atoms with Crippen LogP contribution < -0.4 is 10.1 Å². The van der Waals surface area contributed by atoms with Gasteiger partial charge in [0.2, 0.25) is 5.91 Å². The average molecular weight is 279 g/mol. The first-order valence-electron chi connectivity index (χ1n) is 6.70. The molecule has 0 aliphatic rings. The fourth-order valence-corrected chi connectivity index (χ4v) is 1.63. The van der Waals surface area contributed by atoms with Gasteiger partial charge in [-0.1, -0.05) is 26.0 Å². The van der Waals surface area contributed by atoms with Crippen LogP contribution in [0.5, 0.6) is 5.75 Å². The summed E-state index contributed by atoms with van der Waals surface area (Å²) in [5, 5.41) is 10.7. The van der Waals surface area contributed by atoms with Gasteiger partial charge >= 0.3 is 5.97 Å². The summed E-state index contributed by atoms with van der Waals surface area (Å²) in [6, 6.07) is 7.89. The standard InChI is InChI=1S/C15H21NO4/c1-11(2)12-5-7-13(8-6-12)20-9-3-4-14(17)16-10-15(18)19/h5-8,11H,3-4,9-10H2,1-2H3,(H,16,17)(H,18,19). The van der Waals surface area contributed by atoms with Crippen molar-refractivity contribution in [3.05, 3.63) is 29.8 Å². The van der Waals surface area contributed by atoms with E-state index >= 15 is 0 Å². The van der Waals surface area contributed by atoms with E-state index in [1.54, 1.807) is 0 Å². The number of nitrogens with one attached hydrogen (secondary N) is 1. The van der Waals surface area contributed by atoms with E-state index in [1.165, 1.54) is 5.56 Å². The number of hydrogen-bond acceptors (Lipinski definition) is 3. The summed E-state index contributed by atoms with van der Waals surface area (Å²) in [5.41, 5.74) is 1.25. The van der Waals surface area contributed by atoms with Crippen molar-refractivity contribution < 1.29 is 19.4 Å². The Hall–Kier alpha value is -2.04. The molecule has 2 N–H and O–H groups in total. The van der Waals surface area contributed by atoms with Crippen molar-refractivity contribution in [1.82, 2.24) is 5.32 Å². The molecule has 0 radical (unpaired) electrons. The number of carbonyl (C=O) groups is 2. The summed E-state index contributed by atoms with van der Waals surface area (Å²) in [4.78, 5) is 21.5. The van der Waals surface area contributed by atoms with E-state index in [9.17, 15) is 9.59 Å². The van der Waals surface area contributed by atoms with E-state index in [0.29, 0.717) is 18.9 Å². The van der Waals surface area contributed by atoms with Crippen LogP contribution in [0.3, 0.4) is 0 Å². The van der Waals surface area contributed by atoms with Gasteiger partial charge in [0, 0.05) is 6.42 Å². The van der Waals surface area contributed by atoms with Gasteiger partial charge in [-0.2, -0.15) is 0 Å². The molecule has 20 heavy (non-hydrogen) atoms. The number of hydrogen-bond donors (Lipinski definition) is 2. The molecule has 0 aliphatic carbocycles. The second-order valence-electron chi connectivity index (χ2n) is 4.85. The molecule has 0 aliphatic heterocycles. The zero-order valence-electron chi connectivity index (χ0n) is 11.9. The number of amides is 1. The largest absolute Gasteiger partial charge is 0.494 e. The number of carboxylic acids is 1. The molecule has 1 aromatic rings. The first-order chi connectivity index (χ1) is 9.49. The molecule has 1 amide bonds. The third-order valence-corrected chi connectivity index (χ3v) is 2.80. The van der Waals surface area contributed by atoms with Crippen molar-refractivity contribution in [2.75, 3.05) is 13.2 Å². The molecule has 0 atom stereocenters. The Kier molecular flexibility index (Phi) is 6.56. The van der Waals surface area contributed by atoms with E-state index in [0.717, 1.165) is 5.75 Å². The van der Waals surface area contributed by atoms with Crippen molar-refractivity contribution in [2.24, 2.45) is 0 Å². The molecule has 5 nitrogen and oxygen atoms in total. The topological polar surface area (TPSA) is 75.6 Å². The summed E-state index contributed by atoms with van der Waals surface area (Å²) < 4.78 is 5.52. The SMILES string of the molecule is CC(C)c1ccc(OCCCC(=O)NCC(=O)O)cc1. The summed E-state index contributed by atoms with van der Waals surface area (Å²) in [6.07, 6.45) is 0.814. The Labute approximate surface area is 118 Å². The van der Waals surface area contributed by atoms with Crippen LogP contribution in [0.2, 0.25) is 0 Å². The number of ether oxygens (including phenoxy) is 1. The highest BCUT2D eigenvalue weighted by Crippen LogP contribution is 2.18. The van der Waals surface area contributed by atoms with Crippen LogP contribution in [0.4, 0.5) is 0 Å². The van der Waals surface area contributed by atoms with Gasteiger partial charge in [-0.3, -0.25) is 9.59 Å². The number of benzene rings is 1. The molecule has 1 aromatic carbocycles. The highest BCUT2D eigenvalue weighted by Gasteiger charge is 2.04. The minimum absolute atomic E-state index is 0.261. The van der Waals surface area contributed by atoms with Crippen LogP contribution in [-0.4, -0.2) is 30.1 Å². The van der Waals surface area contributed by atoms with Crippen LogP contribution >= 0.6 is 0 Å². The van der Waals surface area contributed by atoms with Gasteiger partial charge in [0.15, 0.2) is 0 Å². The molecule has 0 bridgehead atoms. The maximum atomic E-state index is 11.2. The molecular formula is C15H21NO4. The lowest BCUT2D eigenvalue weighted by atomic mass is 10.0. The van der Waals surface area contributed by atoms with Gasteiger partial charge in [-0.05, 0) is 30.0 Å². The molecule has 0 saturated heterocycles. The predicted octanol–water partition coefficient (Wildman–Crippen LogP) is 2.17. The third kappa shape index (κ3) is 6.22. The van der Waals surface area contributed by atoms with Gasteiger partial charge < -0.3 is 15.2 Å². The van der Waals surface area contributed by atoms with E-state index in [1.807, 2.05) is 24.3 Å². The Morgan fingerprint density at radius 3 is 2.45 bits per heavy atom. The normalized spacial score (nSPS) is 10.3. The van der Waals surface area contributed by atoms with E-state index in [-0.39, 0.29) is 18.9 Å². The monoisotopic (exact) mass is 279 g/mol. The lowest BCUT2D eigenvalue weighted by molar-refractivity contribution is -0.137. The zero-order chi connectivity index (χ0) is 15.0. The van der Waals surface area contributed by atoms with Crippen molar-refractivity contribution in [1.29, 1.82) is 0 Å². The Bertz CT molecular complexity index is 440. The van der Waals surface area contributed by atoms with E-state index < -0.39 is 5.97 Å². The number of rotatable bonds is 8. The van der Waals surface area contributed by atoms with Gasteiger partial charge in [-0.25, -0.2) is 0 Å². The smallest absolute Gasteiger partial charge is 0.322 e. The molecule has 5 heteroatoms. The van der Waals surface area contributed by atoms with Crippen LogP contribution in [-0.2, 0) is 9.59 Å². The minimum atomic E-state index is -1.04. The maximum absolute atomic E-state index is 11.2. The summed E-state index contributed by atoms with van der Waals surface area (Å²) in [7, 11) is 0. The van der Waals surface area contributed by atoms with Crippen LogP contribution in [0.15, 0.2) is 24.3 Å². The molecule has 0 unspecified atom stereocenters. The van der Waals surface area contributed by atoms with Crippen molar-refractivity contribution >= 4 is 11.9 Å². The molecule has 0 heterocycles. The summed E-state index contributed by atoms with van der Waals surface area (Å²) in [6.45, 7) is 4.36.